The van der Waals surface area contributed by atoms with Crippen molar-refractivity contribution in [2.75, 3.05) is 0 Å². The third-order valence-corrected chi connectivity index (χ3v) is 2.15. The Labute approximate surface area is 96.1 Å². The molecular formula is C13H20F2O. The van der Waals surface area contributed by atoms with Crippen molar-refractivity contribution in [3.05, 3.63) is 35.4 Å². The van der Waals surface area contributed by atoms with Crippen molar-refractivity contribution < 1.29 is 13.9 Å². The van der Waals surface area contributed by atoms with Crippen LogP contribution in [-0.2, 0) is 5.92 Å². The van der Waals surface area contributed by atoms with Crippen LogP contribution in [0.1, 0.15) is 38.8 Å². The van der Waals surface area contributed by atoms with Gasteiger partial charge in [-0.2, -0.15) is 8.78 Å². The van der Waals surface area contributed by atoms with E-state index in [9.17, 15) is 13.9 Å². The van der Waals surface area contributed by atoms with Crippen LogP contribution in [-0.4, -0.2) is 10.7 Å². The van der Waals surface area contributed by atoms with E-state index in [4.69, 9.17) is 0 Å². The number of alkyl halides is 2. The molecule has 92 valence electrons. The Morgan fingerprint density at radius 3 is 2.00 bits per heavy atom. The Balaban J connectivity index is 0.00000106. The Morgan fingerprint density at radius 2 is 1.62 bits per heavy atom. The molecule has 0 saturated heterocycles. The van der Waals surface area contributed by atoms with Crippen molar-refractivity contribution >= 4 is 0 Å². The van der Waals surface area contributed by atoms with Crippen LogP contribution in [0.25, 0.3) is 0 Å². The van der Waals surface area contributed by atoms with Crippen LogP contribution >= 0.6 is 0 Å². The lowest BCUT2D eigenvalue weighted by atomic mass is 9.93. The van der Waals surface area contributed by atoms with Gasteiger partial charge in [0.05, 0.1) is 0 Å². The van der Waals surface area contributed by atoms with Crippen molar-refractivity contribution in [1.29, 1.82) is 0 Å². The molecule has 1 rings (SSSR count). The van der Waals surface area contributed by atoms with E-state index >= 15 is 0 Å². The van der Waals surface area contributed by atoms with Crippen LogP contribution in [0.5, 0.6) is 0 Å². The normalized spacial score (nSPS) is 11.8. The minimum Gasteiger partial charge on any atom is -0.384 e. The number of aryl methyl sites for hydroxylation is 1. The monoisotopic (exact) mass is 230 g/mol. The minimum atomic E-state index is -3.22. The Bertz CT molecular complexity index is 327. The quantitative estimate of drug-likeness (QED) is 0.817. The zero-order valence-corrected chi connectivity index (χ0v) is 10.5. The van der Waals surface area contributed by atoms with Gasteiger partial charge in [0.25, 0.3) is 0 Å². The second-order valence-electron chi connectivity index (χ2n) is 4.00. The van der Waals surface area contributed by atoms with Gasteiger partial charge in [-0.15, -0.1) is 0 Å². The van der Waals surface area contributed by atoms with E-state index in [1.54, 1.807) is 19.1 Å². The van der Waals surface area contributed by atoms with E-state index in [0.717, 1.165) is 19.4 Å². The zero-order valence-electron chi connectivity index (χ0n) is 10.5. The molecular weight excluding hydrogens is 210 g/mol. The second kappa shape index (κ2) is 5.39. The topological polar surface area (TPSA) is 20.2 Å². The molecule has 0 heterocycles. The average molecular weight is 230 g/mol. The van der Waals surface area contributed by atoms with Gasteiger partial charge in [0, 0.05) is 5.56 Å². The van der Waals surface area contributed by atoms with E-state index in [-0.39, 0.29) is 5.56 Å². The SMILES string of the molecule is CC.Cc1cccc(C(F)(F)C(C)(C)O)c1. The fourth-order valence-electron chi connectivity index (χ4n) is 1.19. The Kier molecular flexibility index (Phi) is 5.07. The van der Waals surface area contributed by atoms with Crippen molar-refractivity contribution in [2.45, 2.75) is 46.1 Å². The summed E-state index contributed by atoms with van der Waals surface area (Å²) in [4.78, 5) is 0. The average Bonchev–Trinajstić information content (AvgIpc) is 2.19. The van der Waals surface area contributed by atoms with Crippen LogP contribution < -0.4 is 0 Å². The van der Waals surface area contributed by atoms with Gasteiger partial charge in [-0.05, 0) is 26.8 Å². The maximum absolute atomic E-state index is 13.6. The molecule has 0 fully saturated rings. The number of hydrogen-bond acceptors (Lipinski definition) is 1. The molecule has 0 aliphatic carbocycles. The number of aliphatic hydroxyl groups is 1. The summed E-state index contributed by atoms with van der Waals surface area (Å²) < 4.78 is 27.2. The molecule has 0 bridgehead atoms. The molecule has 3 heteroatoms. The first-order valence-corrected chi connectivity index (χ1v) is 5.42. The molecule has 0 aliphatic rings. The predicted octanol–water partition coefficient (Wildman–Crippen LogP) is 3.88. The van der Waals surface area contributed by atoms with E-state index in [2.05, 4.69) is 0 Å². The summed E-state index contributed by atoms with van der Waals surface area (Å²) in [5, 5.41) is 9.34. The third-order valence-electron chi connectivity index (χ3n) is 2.15. The maximum atomic E-state index is 13.6. The van der Waals surface area contributed by atoms with Crippen LogP contribution in [0.3, 0.4) is 0 Å². The smallest absolute Gasteiger partial charge is 0.300 e. The standard InChI is InChI=1S/C11H14F2O.C2H6/c1-8-5-4-6-9(7-8)11(12,13)10(2,3)14;1-2/h4-7,14H,1-3H3;1-2H3. The number of halogens is 2. The lowest BCUT2D eigenvalue weighted by Crippen LogP contribution is -2.40. The van der Waals surface area contributed by atoms with Gasteiger partial charge in [-0.1, -0.05) is 37.6 Å². The molecule has 0 spiro atoms. The molecule has 0 unspecified atom stereocenters. The van der Waals surface area contributed by atoms with Gasteiger partial charge in [-0.3, -0.25) is 0 Å². The molecule has 1 aromatic carbocycles. The predicted molar refractivity (Wildman–Crippen MR) is 62.7 cm³/mol. The molecule has 1 N–H and O–H groups in total. The van der Waals surface area contributed by atoms with Crippen LogP contribution in [0, 0.1) is 6.92 Å². The van der Waals surface area contributed by atoms with Gasteiger partial charge < -0.3 is 5.11 Å². The van der Waals surface area contributed by atoms with Gasteiger partial charge in [0.15, 0.2) is 0 Å². The maximum Gasteiger partial charge on any atom is 0.300 e. The molecule has 0 aliphatic heterocycles. The summed E-state index contributed by atoms with van der Waals surface area (Å²) in [6, 6.07) is 6.01. The largest absolute Gasteiger partial charge is 0.384 e. The molecule has 1 nitrogen and oxygen atoms in total. The van der Waals surface area contributed by atoms with Gasteiger partial charge >= 0.3 is 5.92 Å². The molecule has 0 atom stereocenters. The summed E-state index contributed by atoms with van der Waals surface area (Å²) in [5.41, 5.74) is -1.43. The zero-order chi connectivity index (χ0) is 13.0. The van der Waals surface area contributed by atoms with Gasteiger partial charge in [-0.25, -0.2) is 0 Å². The van der Waals surface area contributed by atoms with Crippen LogP contribution in [0.2, 0.25) is 0 Å². The Hall–Kier alpha value is -0.960. The third kappa shape index (κ3) is 3.27. The van der Waals surface area contributed by atoms with E-state index < -0.39 is 11.5 Å². The van der Waals surface area contributed by atoms with Gasteiger partial charge in [0.1, 0.15) is 5.60 Å². The van der Waals surface area contributed by atoms with Crippen molar-refractivity contribution in [3.63, 3.8) is 0 Å². The summed E-state index contributed by atoms with van der Waals surface area (Å²) in [7, 11) is 0. The number of hydrogen-bond donors (Lipinski definition) is 1. The second-order valence-corrected chi connectivity index (χ2v) is 4.00. The highest BCUT2D eigenvalue weighted by Crippen LogP contribution is 2.38. The molecule has 1 aromatic rings. The fourth-order valence-corrected chi connectivity index (χ4v) is 1.19. The lowest BCUT2D eigenvalue weighted by molar-refractivity contribution is -0.168. The minimum absolute atomic E-state index is 0.148. The summed E-state index contributed by atoms with van der Waals surface area (Å²) >= 11 is 0. The lowest BCUT2D eigenvalue weighted by Gasteiger charge is -2.29. The van der Waals surface area contributed by atoms with Gasteiger partial charge in [0.2, 0.25) is 0 Å². The first kappa shape index (κ1) is 15.0. The molecule has 16 heavy (non-hydrogen) atoms. The highest BCUT2D eigenvalue weighted by atomic mass is 19.3. The first-order valence-electron chi connectivity index (χ1n) is 5.42. The van der Waals surface area contributed by atoms with Crippen molar-refractivity contribution in [1.82, 2.24) is 0 Å². The molecule has 0 amide bonds. The first-order chi connectivity index (χ1) is 7.25. The highest BCUT2D eigenvalue weighted by molar-refractivity contribution is 5.27. The Morgan fingerprint density at radius 1 is 1.12 bits per heavy atom. The number of benzene rings is 1. The summed E-state index contributed by atoms with van der Waals surface area (Å²) in [5.74, 6) is -3.22. The van der Waals surface area contributed by atoms with Crippen molar-refractivity contribution in [3.8, 4) is 0 Å². The summed E-state index contributed by atoms with van der Waals surface area (Å²) in [6.45, 7) is 7.95. The van der Waals surface area contributed by atoms with E-state index in [0.29, 0.717) is 0 Å². The fraction of sp³-hybridized carbons (Fsp3) is 0.538. The molecule has 0 aromatic heterocycles. The van der Waals surface area contributed by atoms with Crippen LogP contribution in [0.15, 0.2) is 24.3 Å². The van der Waals surface area contributed by atoms with E-state index in [1.807, 2.05) is 13.8 Å². The summed E-state index contributed by atoms with van der Waals surface area (Å²) in [6.07, 6.45) is 0. The molecule has 0 radical (unpaired) electrons. The van der Waals surface area contributed by atoms with Crippen LogP contribution in [0.4, 0.5) is 8.78 Å². The van der Waals surface area contributed by atoms with Crippen molar-refractivity contribution in [2.24, 2.45) is 0 Å². The number of rotatable bonds is 2. The van der Waals surface area contributed by atoms with E-state index in [1.165, 1.54) is 12.1 Å². The molecule has 0 saturated carbocycles. The highest BCUT2D eigenvalue weighted by Gasteiger charge is 2.46.